The molecule has 0 amide bonds. The van der Waals surface area contributed by atoms with Gasteiger partial charge in [0.2, 0.25) is 0 Å². The Hall–Kier alpha value is -1.13. The molecule has 0 saturated heterocycles. The van der Waals surface area contributed by atoms with Crippen LogP contribution in [0.25, 0.3) is 0 Å². The molecule has 1 fully saturated rings. The van der Waals surface area contributed by atoms with Crippen LogP contribution in [0, 0.1) is 11.7 Å². The number of aromatic hydroxyl groups is 1. The van der Waals surface area contributed by atoms with E-state index in [0.29, 0.717) is 12.1 Å². The van der Waals surface area contributed by atoms with E-state index in [0.717, 1.165) is 31.6 Å². The third-order valence-electron chi connectivity index (χ3n) is 4.81. The second-order valence-corrected chi connectivity index (χ2v) is 6.38. The Bertz CT molecular complexity index is 470. The van der Waals surface area contributed by atoms with Gasteiger partial charge in [0.05, 0.1) is 5.60 Å². The fourth-order valence-corrected chi connectivity index (χ4v) is 3.13. The summed E-state index contributed by atoms with van der Waals surface area (Å²) < 4.78 is 13.3. The molecule has 1 saturated carbocycles. The van der Waals surface area contributed by atoms with E-state index < -0.39 is 5.60 Å². The Kier molecular flexibility index (Phi) is 5.22. The highest BCUT2D eigenvalue weighted by Crippen LogP contribution is 2.34. The molecule has 1 unspecified atom stereocenters. The molecule has 1 aliphatic carbocycles. The second kappa shape index (κ2) is 6.75. The van der Waals surface area contributed by atoms with E-state index in [-0.39, 0.29) is 17.6 Å². The van der Waals surface area contributed by atoms with Crippen LogP contribution in [0.2, 0.25) is 0 Å². The van der Waals surface area contributed by atoms with Gasteiger partial charge in [-0.3, -0.25) is 0 Å². The Morgan fingerprint density at radius 3 is 2.67 bits per heavy atom. The molecule has 1 atom stereocenters. The summed E-state index contributed by atoms with van der Waals surface area (Å²) in [5.41, 5.74) is -0.149. The van der Waals surface area contributed by atoms with Gasteiger partial charge < -0.3 is 15.5 Å². The Morgan fingerprint density at radius 2 is 2.05 bits per heavy atom. The number of benzene rings is 1. The zero-order valence-corrected chi connectivity index (χ0v) is 12.9. The molecule has 1 aliphatic rings. The van der Waals surface area contributed by atoms with E-state index in [1.807, 2.05) is 6.92 Å². The molecule has 21 heavy (non-hydrogen) atoms. The molecule has 1 aromatic carbocycles. The van der Waals surface area contributed by atoms with E-state index in [1.165, 1.54) is 24.6 Å². The van der Waals surface area contributed by atoms with E-state index >= 15 is 0 Å². The van der Waals surface area contributed by atoms with Gasteiger partial charge in [0, 0.05) is 18.2 Å². The van der Waals surface area contributed by atoms with E-state index in [2.05, 4.69) is 12.2 Å². The predicted molar refractivity (Wildman–Crippen MR) is 81.7 cm³/mol. The number of hydrogen-bond donors (Lipinski definition) is 3. The van der Waals surface area contributed by atoms with Gasteiger partial charge in [-0.2, -0.15) is 0 Å². The van der Waals surface area contributed by atoms with Crippen molar-refractivity contribution in [3.63, 3.8) is 0 Å². The molecule has 0 heterocycles. The lowest BCUT2D eigenvalue weighted by Gasteiger charge is -2.36. The monoisotopic (exact) mass is 295 g/mol. The van der Waals surface area contributed by atoms with Gasteiger partial charge in [-0.25, -0.2) is 4.39 Å². The summed E-state index contributed by atoms with van der Waals surface area (Å²) in [6, 6.07) is 3.74. The van der Waals surface area contributed by atoms with Gasteiger partial charge >= 0.3 is 0 Å². The maximum Gasteiger partial charge on any atom is 0.123 e. The lowest BCUT2D eigenvalue weighted by atomic mass is 9.77. The molecule has 0 bridgehead atoms. The predicted octanol–water partition coefficient (Wildman–Crippen LogP) is 3.51. The van der Waals surface area contributed by atoms with Crippen molar-refractivity contribution in [2.75, 3.05) is 6.54 Å². The third-order valence-corrected chi connectivity index (χ3v) is 4.81. The number of rotatable bonds is 5. The first kappa shape index (κ1) is 16.2. The minimum atomic E-state index is -0.678. The van der Waals surface area contributed by atoms with Gasteiger partial charge in [0.25, 0.3) is 0 Å². The van der Waals surface area contributed by atoms with Crippen molar-refractivity contribution in [1.29, 1.82) is 0 Å². The topological polar surface area (TPSA) is 52.5 Å². The third kappa shape index (κ3) is 4.17. The summed E-state index contributed by atoms with van der Waals surface area (Å²) in [5, 5.41) is 23.6. The minimum Gasteiger partial charge on any atom is -0.508 e. The van der Waals surface area contributed by atoms with Crippen molar-refractivity contribution >= 4 is 0 Å². The second-order valence-electron chi connectivity index (χ2n) is 6.38. The standard InChI is InChI=1S/C17H26FNO2/c1-3-13-6-8-17(21,9-7-13)11-19-12(2)15-10-14(18)4-5-16(15)20/h4-5,10,12-13,19-21H,3,6-9,11H2,1-2H3. The molecule has 0 spiro atoms. The van der Waals surface area contributed by atoms with Gasteiger partial charge in [-0.1, -0.05) is 13.3 Å². The van der Waals surface area contributed by atoms with Crippen LogP contribution in [-0.4, -0.2) is 22.4 Å². The average molecular weight is 295 g/mol. The molecule has 0 aliphatic heterocycles. The van der Waals surface area contributed by atoms with Crippen molar-refractivity contribution in [3.8, 4) is 5.75 Å². The SMILES string of the molecule is CCC1CCC(O)(CNC(C)c2cc(F)ccc2O)CC1. The van der Waals surface area contributed by atoms with Crippen molar-refractivity contribution in [2.24, 2.45) is 5.92 Å². The van der Waals surface area contributed by atoms with Crippen molar-refractivity contribution in [1.82, 2.24) is 5.32 Å². The first-order valence-corrected chi connectivity index (χ1v) is 7.87. The van der Waals surface area contributed by atoms with Gasteiger partial charge in [0.15, 0.2) is 0 Å². The molecule has 4 heteroatoms. The van der Waals surface area contributed by atoms with Gasteiger partial charge in [-0.05, 0) is 56.7 Å². The first-order valence-electron chi connectivity index (χ1n) is 7.87. The van der Waals surface area contributed by atoms with Crippen molar-refractivity contribution in [2.45, 2.75) is 57.6 Å². The number of halogens is 1. The van der Waals surface area contributed by atoms with E-state index in [4.69, 9.17) is 0 Å². The Morgan fingerprint density at radius 1 is 1.38 bits per heavy atom. The minimum absolute atomic E-state index is 0.0816. The van der Waals surface area contributed by atoms with E-state index in [9.17, 15) is 14.6 Å². The molecule has 2 rings (SSSR count). The number of phenols is 1. The summed E-state index contributed by atoms with van der Waals surface area (Å²) in [5.74, 6) is 0.451. The Labute approximate surface area is 126 Å². The van der Waals surface area contributed by atoms with Crippen LogP contribution >= 0.6 is 0 Å². The van der Waals surface area contributed by atoms with Crippen LogP contribution in [0.1, 0.15) is 57.6 Å². The maximum atomic E-state index is 13.3. The normalized spacial score (nSPS) is 27.5. The van der Waals surface area contributed by atoms with Crippen LogP contribution in [0.15, 0.2) is 18.2 Å². The highest BCUT2D eigenvalue weighted by atomic mass is 19.1. The fourth-order valence-electron chi connectivity index (χ4n) is 3.13. The zero-order valence-electron chi connectivity index (χ0n) is 12.9. The molecule has 118 valence electrons. The molecule has 3 nitrogen and oxygen atoms in total. The fraction of sp³-hybridized carbons (Fsp3) is 0.647. The summed E-state index contributed by atoms with van der Waals surface area (Å²) >= 11 is 0. The molecule has 1 aromatic rings. The highest BCUT2D eigenvalue weighted by molar-refractivity contribution is 5.34. The van der Waals surface area contributed by atoms with Gasteiger partial charge in [0.1, 0.15) is 11.6 Å². The average Bonchev–Trinajstić information content (AvgIpc) is 2.48. The number of hydrogen-bond acceptors (Lipinski definition) is 3. The lowest BCUT2D eigenvalue weighted by molar-refractivity contribution is -0.0104. The van der Waals surface area contributed by atoms with Crippen molar-refractivity contribution < 1.29 is 14.6 Å². The van der Waals surface area contributed by atoms with Gasteiger partial charge in [-0.15, -0.1) is 0 Å². The van der Waals surface area contributed by atoms with Crippen molar-refractivity contribution in [3.05, 3.63) is 29.6 Å². The number of nitrogens with one attached hydrogen (secondary N) is 1. The van der Waals surface area contributed by atoms with Crippen LogP contribution in [-0.2, 0) is 0 Å². The summed E-state index contributed by atoms with van der Waals surface area (Å²) in [7, 11) is 0. The van der Waals surface area contributed by atoms with Crippen LogP contribution in [0.4, 0.5) is 4.39 Å². The van der Waals surface area contributed by atoms with Crippen LogP contribution in [0.3, 0.4) is 0 Å². The molecular weight excluding hydrogens is 269 g/mol. The summed E-state index contributed by atoms with van der Waals surface area (Å²) in [6.07, 6.45) is 4.92. The Balaban J connectivity index is 1.92. The van der Waals surface area contributed by atoms with Crippen LogP contribution in [0.5, 0.6) is 5.75 Å². The molecule has 0 radical (unpaired) electrons. The maximum absolute atomic E-state index is 13.3. The highest BCUT2D eigenvalue weighted by Gasteiger charge is 2.32. The first-order chi connectivity index (χ1) is 9.93. The summed E-state index contributed by atoms with van der Waals surface area (Å²) in [6.45, 7) is 4.54. The largest absolute Gasteiger partial charge is 0.508 e. The smallest absolute Gasteiger partial charge is 0.123 e. The number of aliphatic hydroxyl groups is 1. The quantitative estimate of drug-likeness (QED) is 0.779. The molecule has 0 aromatic heterocycles. The molecule has 3 N–H and O–H groups in total. The van der Waals surface area contributed by atoms with E-state index in [1.54, 1.807) is 0 Å². The van der Waals surface area contributed by atoms with Crippen LogP contribution < -0.4 is 5.32 Å². The summed E-state index contributed by atoms with van der Waals surface area (Å²) in [4.78, 5) is 0. The zero-order chi connectivity index (χ0) is 15.5. The number of phenolic OH excluding ortho intramolecular Hbond substituents is 1. The lowest BCUT2D eigenvalue weighted by Crippen LogP contribution is -2.44. The molecular formula is C17H26FNO2.